The Labute approximate surface area is 135 Å². The molecule has 0 spiro atoms. The van der Waals surface area contributed by atoms with Crippen molar-refractivity contribution < 1.29 is 22.5 Å². The monoisotopic (exact) mass is 344 g/mol. The van der Waals surface area contributed by atoms with Gasteiger partial charge in [-0.05, 0) is 25.5 Å². The number of carbonyl (C=O) groups is 1. The van der Waals surface area contributed by atoms with Crippen LogP contribution in [-0.2, 0) is 16.7 Å². The maximum Gasteiger partial charge on any atom is 0.416 e. The molecule has 0 saturated heterocycles. The summed E-state index contributed by atoms with van der Waals surface area (Å²) in [6.45, 7) is 3.38. The zero-order valence-electron chi connectivity index (χ0n) is 12.5. The second-order valence-electron chi connectivity index (χ2n) is 4.96. The van der Waals surface area contributed by atoms with Crippen LogP contribution < -0.4 is 5.32 Å². The minimum atomic E-state index is -4.37. The Morgan fingerprint density at radius 3 is 2.74 bits per heavy atom. The van der Waals surface area contributed by atoms with Gasteiger partial charge in [-0.15, -0.1) is 11.8 Å². The van der Waals surface area contributed by atoms with Gasteiger partial charge in [-0.3, -0.25) is 4.79 Å². The molecule has 0 fully saturated rings. The van der Waals surface area contributed by atoms with E-state index in [4.69, 9.17) is 4.52 Å². The first-order chi connectivity index (χ1) is 10.8. The summed E-state index contributed by atoms with van der Waals surface area (Å²) in [6.07, 6.45) is -4.37. The van der Waals surface area contributed by atoms with E-state index in [9.17, 15) is 18.0 Å². The Hall–Kier alpha value is -1.96. The maximum absolute atomic E-state index is 12.7. The third-order valence-corrected chi connectivity index (χ3v) is 4.22. The van der Waals surface area contributed by atoms with E-state index < -0.39 is 17.0 Å². The van der Waals surface area contributed by atoms with Crippen LogP contribution in [0.15, 0.2) is 34.9 Å². The Balaban J connectivity index is 1.91. The van der Waals surface area contributed by atoms with Crippen LogP contribution in [0, 0.1) is 6.92 Å². The Morgan fingerprint density at radius 2 is 2.13 bits per heavy atom. The molecule has 2 aromatic rings. The molecule has 1 heterocycles. The lowest BCUT2D eigenvalue weighted by molar-refractivity contribution is -0.137. The fourth-order valence-electron chi connectivity index (χ4n) is 1.79. The molecule has 1 amide bonds. The topological polar surface area (TPSA) is 55.1 Å². The highest BCUT2D eigenvalue weighted by Gasteiger charge is 2.30. The smallest absolute Gasteiger partial charge is 0.360 e. The van der Waals surface area contributed by atoms with E-state index in [1.807, 2.05) is 0 Å². The van der Waals surface area contributed by atoms with Crippen molar-refractivity contribution in [1.29, 1.82) is 0 Å². The molecule has 4 nitrogen and oxygen atoms in total. The first-order valence-electron chi connectivity index (χ1n) is 6.77. The van der Waals surface area contributed by atoms with Crippen molar-refractivity contribution in [2.75, 3.05) is 5.32 Å². The van der Waals surface area contributed by atoms with E-state index in [-0.39, 0.29) is 5.91 Å². The van der Waals surface area contributed by atoms with Gasteiger partial charge in [0.2, 0.25) is 5.91 Å². The molecule has 0 aliphatic heterocycles. The number of anilines is 1. The van der Waals surface area contributed by atoms with Crippen molar-refractivity contribution in [2.45, 2.75) is 31.0 Å². The zero-order chi connectivity index (χ0) is 17.0. The number of rotatable bonds is 5. The summed E-state index contributed by atoms with van der Waals surface area (Å²) in [6, 6.07) is 6.67. The molecule has 23 heavy (non-hydrogen) atoms. The van der Waals surface area contributed by atoms with E-state index in [1.54, 1.807) is 26.0 Å². The van der Waals surface area contributed by atoms with Crippen LogP contribution in [0.1, 0.15) is 23.8 Å². The van der Waals surface area contributed by atoms with Crippen LogP contribution in [0.4, 0.5) is 19.0 Å². The van der Waals surface area contributed by atoms with E-state index in [2.05, 4.69) is 10.5 Å². The molecule has 8 heteroatoms. The molecule has 1 N–H and O–H groups in total. The lowest BCUT2D eigenvalue weighted by Crippen LogP contribution is -2.22. The molecule has 0 bridgehead atoms. The van der Waals surface area contributed by atoms with Gasteiger partial charge in [-0.25, -0.2) is 0 Å². The summed E-state index contributed by atoms with van der Waals surface area (Å²) in [5.41, 5.74) is -0.174. The summed E-state index contributed by atoms with van der Waals surface area (Å²) in [5.74, 6) is 0.912. The lowest BCUT2D eigenvalue weighted by atomic mass is 10.1. The predicted octanol–water partition coefficient (Wildman–Crippen LogP) is 4.26. The van der Waals surface area contributed by atoms with Gasteiger partial charge < -0.3 is 9.84 Å². The average Bonchev–Trinajstić information content (AvgIpc) is 2.89. The normalized spacial score (nSPS) is 12.9. The van der Waals surface area contributed by atoms with E-state index in [0.717, 1.165) is 12.1 Å². The number of thioether (sulfide) groups is 1. The second kappa shape index (κ2) is 7.08. The van der Waals surface area contributed by atoms with Crippen molar-refractivity contribution in [2.24, 2.45) is 0 Å². The number of hydrogen-bond acceptors (Lipinski definition) is 4. The van der Waals surface area contributed by atoms with Gasteiger partial charge in [-0.1, -0.05) is 23.4 Å². The van der Waals surface area contributed by atoms with Crippen LogP contribution in [0.5, 0.6) is 0 Å². The molecule has 1 aromatic carbocycles. The first-order valence-corrected chi connectivity index (χ1v) is 7.82. The zero-order valence-corrected chi connectivity index (χ0v) is 13.3. The van der Waals surface area contributed by atoms with Gasteiger partial charge >= 0.3 is 6.18 Å². The highest BCUT2D eigenvalue weighted by Crippen LogP contribution is 2.30. The third kappa shape index (κ3) is 5.02. The summed E-state index contributed by atoms with van der Waals surface area (Å²) >= 11 is 1.25. The number of nitrogens with zero attached hydrogens (tertiary/aromatic N) is 1. The average molecular weight is 344 g/mol. The molecule has 1 atom stereocenters. The van der Waals surface area contributed by atoms with Gasteiger partial charge in [0, 0.05) is 11.8 Å². The lowest BCUT2D eigenvalue weighted by Gasteiger charge is -2.12. The Morgan fingerprint density at radius 1 is 1.39 bits per heavy atom. The molecule has 0 aliphatic rings. The molecule has 0 aliphatic carbocycles. The van der Waals surface area contributed by atoms with Crippen LogP contribution in [-0.4, -0.2) is 16.3 Å². The number of amides is 1. The molecule has 0 unspecified atom stereocenters. The SMILES string of the molecule is Cc1cc(NC(=O)[C@H](C)SCc2cccc(C(F)(F)F)c2)no1. The standard InChI is InChI=1S/C15H15F3N2O2S/c1-9-6-13(20-22-9)19-14(21)10(2)23-8-11-4-3-5-12(7-11)15(16,17)18/h3-7,10H,8H2,1-2H3,(H,19,20,21)/t10-/m0/s1. The van der Waals surface area contributed by atoms with Crippen molar-refractivity contribution >= 4 is 23.5 Å². The molecule has 1 aromatic heterocycles. The third-order valence-electron chi connectivity index (χ3n) is 3.00. The van der Waals surface area contributed by atoms with Crippen LogP contribution >= 0.6 is 11.8 Å². The van der Waals surface area contributed by atoms with Crippen LogP contribution in [0.25, 0.3) is 0 Å². The van der Waals surface area contributed by atoms with Gasteiger partial charge in [0.05, 0.1) is 10.8 Å². The highest BCUT2D eigenvalue weighted by molar-refractivity contribution is 7.99. The van der Waals surface area contributed by atoms with Crippen molar-refractivity contribution in [3.8, 4) is 0 Å². The van der Waals surface area contributed by atoms with Crippen LogP contribution in [0.3, 0.4) is 0 Å². The van der Waals surface area contributed by atoms with Gasteiger partial charge in [0.25, 0.3) is 0 Å². The summed E-state index contributed by atoms with van der Waals surface area (Å²) in [7, 11) is 0. The van der Waals surface area contributed by atoms with Crippen molar-refractivity contribution in [1.82, 2.24) is 5.16 Å². The minimum Gasteiger partial charge on any atom is -0.360 e. The summed E-state index contributed by atoms with van der Waals surface area (Å²) in [5, 5.41) is 5.80. The quantitative estimate of drug-likeness (QED) is 0.880. The Kier molecular flexibility index (Phi) is 5.35. The number of benzene rings is 1. The molecule has 124 valence electrons. The van der Waals surface area contributed by atoms with E-state index >= 15 is 0 Å². The molecular formula is C15H15F3N2O2S. The summed E-state index contributed by atoms with van der Waals surface area (Å²) in [4.78, 5) is 12.0. The molecular weight excluding hydrogens is 329 g/mol. The minimum absolute atomic E-state index is 0.282. The van der Waals surface area contributed by atoms with E-state index in [0.29, 0.717) is 22.9 Å². The second-order valence-corrected chi connectivity index (χ2v) is 6.29. The fourth-order valence-corrected chi connectivity index (χ4v) is 2.62. The maximum atomic E-state index is 12.7. The van der Waals surface area contributed by atoms with Gasteiger partial charge in [-0.2, -0.15) is 13.2 Å². The molecule has 0 saturated carbocycles. The first kappa shape index (κ1) is 17.4. The van der Waals surface area contributed by atoms with Gasteiger partial charge in [0.15, 0.2) is 5.82 Å². The predicted molar refractivity (Wildman–Crippen MR) is 82.1 cm³/mol. The largest absolute Gasteiger partial charge is 0.416 e. The van der Waals surface area contributed by atoms with Crippen molar-refractivity contribution in [3.05, 3.63) is 47.2 Å². The van der Waals surface area contributed by atoms with Crippen molar-refractivity contribution in [3.63, 3.8) is 0 Å². The number of carbonyl (C=O) groups excluding carboxylic acids is 1. The number of hydrogen-bond donors (Lipinski definition) is 1. The number of aryl methyl sites for hydroxylation is 1. The number of halogens is 3. The fraction of sp³-hybridized carbons (Fsp3) is 0.333. The number of nitrogens with one attached hydrogen (secondary N) is 1. The number of alkyl halides is 3. The van der Waals surface area contributed by atoms with E-state index in [1.165, 1.54) is 17.8 Å². The summed E-state index contributed by atoms with van der Waals surface area (Å²) < 4.78 is 42.8. The molecule has 0 radical (unpaired) electrons. The Bertz CT molecular complexity index is 685. The molecule has 2 rings (SSSR count). The van der Waals surface area contributed by atoms with Gasteiger partial charge in [0.1, 0.15) is 5.76 Å². The van der Waals surface area contributed by atoms with Crippen LogP contribution in [0.2, 0.25) is 0 Å². The number of aromatic nitrogens is 1. The highest BCUT2D eigenvalue weighted by atomic mass is 32.2.